The predicted molar refractivity (Wildman–Crippen MR) is 74.6 cm³/mol. The van der Waals surface area contributed by atoms with Gasteiger partial charge in [-0.1, -0.05) is 26.0 Å². The predicted octanol–water partition coefficient (Wildman–Crippen LogP) is 1.96. The molecule has 1 aliphatic heterocycles. The number of aliphatic hydroxyl groups is 1. The van der Waals surface area contributed by atoms with Crippen molar-refractivity contribution in [3.63, 3.8) is 0 Å². The van der Waals surface area contributed by atoms with E-state index in [0.29, 0.717) is 13.2 Å². The van der Waals surface area contributed by atoms with Gasteiger partial charge in [-0.15, -0.1) is 0 Å². The lowest BCUT2D eigenvalue weighted by Crippen LogP contribution is -2.30. The summed E-state index contributed by atoms with van der Waals surface area (Å²) in [5, 5.41) is 12.4. The summed E-state index contributed by atoms with van der Waals surface area (Å²) in [6.45, 7) is 7.37. The number of fused-ring (bicyclic) bond motifs is 1. The van der Waals surface area contributed by atoms with E-state index in [4.69, 9.17) is 14.6 Å². The van der Waals surface area contributed by atoms with Gasteiger partial charge in [-0.3, -0.25) is 0 Å². The van der Waals surface area contributed by atoms with Gasteiger partial charge >= 0.3 is 0 Å². The molecule has 1 aromatic carbocycles. The van der Waals surface area contributed by atoms with Gasteiger partial charge in [0.2, 0.25) is 0 Å². The van der Waals surface area contributed by atoms with E-state index < -0.39 is 0 Å². The van der Waals surface area contributed by atoms with Gasteiger partial charge in [0.1, 0.15) is 13.2 Å². The normalized spacial score (nSPS) is 14.5. The fraction of sp³-hybridized carbons (Fsp3) is 0.600. The Hall–Kier alpha value is -1.26. The van der Waals surface area contributed by atoms with Crippen molar-refractivity contribution >= 4 is 0 Å². The average molecular weight is 265 g/mol. The molecular formula is C15H23NO3. The molecule has 1 aliphatic rings. The number of aliphatic hydroxyl groups excluding tert-OH is 1. The van der Waals surface area contributed by atoms with E-state index in [1.807, 2.05) is 12.1 Å². The van der Waals surface area contributed by atoms with Crippen LogP contribution in [0, 0.1) is 5.41 Å². The van der Waals surface area contributed by atoms with E-state index in [2.05, 4.69) is 25.2 Å². The molecule has 106 valence electrons. The van der Waals surface area contributed by atoms with Crippen LogP contribution in [0.3, 0.4) is 0 Å². The molecule has 0 radical (unpaired) electrons. The van der Waals surface area contributed by atoms with Crippen molar-refractivity contribution in [3.8, 4) is 11.5 Å². The Morgan fingerprint density at radius 3 is 2.84 bits per heavy atom. The van der Waals surface area contributed by atoms with Crippen molar-refractivity contribution in [2.75, 3.05) is 26.4 Å². The maximum atomic E-state index is 9.01. The molecule has 0 saturated carbocycles. The monoisotopic (exact) mass is 265 g/mol. The van der Waals surface area contributed by atoms with Crippen LogP contribution in [0.2, 0.25) is 0 Å². The first-order chi connectivity index (χ1) is 9.12. The summed E-state index contributed by atoms with van der Waals surface area (Å²) in [6.07, 6.45) is 0.798. The maximum absolute atomic E-state index is 9.01. The summed E-state index contributed by atoms with van der Waals surface area (Å²) >= 11 is 0. The first kappa shape index (κ1) is 14.2. The van der Waals surface area contributed by atoms with E-state index >= 15 is 0 Å². The zero-order chi connectivity index (χ0) is 13.7. The van der Waals surface area contributed by atoms with Crippen LogP contribution in [0.4, 0.5) is 0 Å². The van der Waals surface area contributed by atoms with Crippen LogP contribution in [-0.4, -0.2) is 31.5 Å². The summed E-state index contributed by atoms with van der Waals surface area (Å²) in [4.78, 5) is 0. The molecule has 1 aromatic rings. The van der Waals surface area contributed by atoms with Crippen molar-refractivity contribution in [3.05, 3.63) is 23.8 Å². The minimum absolute atomic E-state index is 0.0982. The van der Waals surface area contributed by atoms with E-state index in [1.54, 1.807) is 0 Å². The van der Waals surface area contributed by atoms with Crippen molar-refractivity contribution in [2.24, 2.45) is 5.41 Å². The minimum atomic E-state index is 0.0982. The molecule has 0 atom stereocenters. The number of hydrogen-bond acceptors (Lipinski definition) is 4. The SMILES string of the molecule is CC(C)(CCO)CNCc1cccc2c1OCCO2. The number of ether oxygens (including phenoxy) is 2. The van der Waals surface area contributed by atoms with E-state index in [9.17, 15) is 0 Å². The highest BCUT2D eigenvalue weighted by atomic mass is 16.6. The molecule has 0 unspecified atom stereocenters. The van der Waals surface area contributed by atoms with Gasteiger partial charge in [0, 0.05) is 25.3 Å². The lowest BCUT2D eigenvalue weighted by atomic mass is 9.90. The van der Waals surface area contributed by atoms with E-state index in [-0.39, 0.29) is 12.0 Å². The molecule has 2 rings (SSSR count). The largest absolute Gasteiger partial charge is 0.486 e. The van der Waals surface area contributed by atoms with Crippen molar-refractivity contribution in [1.82, 2.24) is 5.32 Å². The van der Waals surface area contributed by atoms with Crippen LogP contribution in [0.1, 0.15) is 25.8 Å². The summed E-state index contributed by atoms with van der Waals surface area (Å²) in [5.41, 5.74) is 1.22. The molecule has 0 bridgehead atoms. The van der Waals surface area contributed by atoms with Crippen LogP contribution >= 0.6 is 0 Å². The molecule has 4 heteroatoms. The fourth-order valence-corrected chi connectivity index (χ4v) is 2.20. The summed E-state index contributed by atoms with van der Waals surface area (Å²) < 4.78 is 11.2. The molecule has 0 aromatic heterocycles. The molecule has 0 fully saturated rings. The molecule has 1 heterocycles. The van der Waals surface area contributed by atoms with Gasteiger partial charge in [-0.05, 0) is 17.9 Å². The fourth-order valence-electron chi connectivity index (χ4n) is 2.20. The third-order valence-electron chi connectivity index (χ3n) is 3.36. The Morgan fingerprint density at radius 1 is 1.26 bits per heavy atom. The topological polar surface area (TPSA) is 50.7 Å². The molecule has 0 saturated heterocycles. The van der Waals surface area contributed by atoms with Gasteiger partial charge in [-0.25, -0.2) is 0 Å². The Morgan fingerprint density at radius 2 is 2.05 bits per heavy atom. The Bertz CT molecular complexity index is 418. The number of rotatable bonds is 6. The minimum Gasteiger partial charge on any atom is -0.486 e. The standard InChI is InChI=1S/C15H23NO3/c1-15(2,6-7-17)11-16-10-12-4-3-5-13-14(12)19-9-8-18-13/h3-5,16-17H,6-11H2,1-2H3. The van der Waals surface area contributed by atoms with Crippen molar-refractivity contribution in [2.45, 2.75) is 26.8 Å². The Kier molecular flexibility index (Phi) is 4.66. The third-order valence-corrected chi connectivity index (χ3v) is 3.36. The van der Waals surface area contributed by atoms with Crippen molar-refractivity contribution in [1.29, 1.82) is 0 Å². The van der Waals surface area contributed by atoms with E-state index in [0.717, 1.165) is 36.6 Å². The Labute approximate surface area is 114 Å². The molecule has 19 heavy (non-hydrogen) atoms. The molecule has 4 nitrogen and oxygen atoms in total. The first-order valence-corrected chi connectivity index (χ1v) is 6.81. The second kappa shape index (κ2) is 6.26. The maximum Gasteiger partial charge on any atom is 0.165 e. The lowest BCUT2D eigenvalue weighted by molar-refractivity contribution is 0.169. The number of nitrogens with one attached hydrogen (secondary N) is 1. The molecule has 0 aliphatic carbocycles. The quantitative estimate of drug-likeness (QED) is 0.825. The second-order valence-electron chi connectivity index (χ2n) is 5.68. The van der Waals surface area contributed by atoms with Gasteiger partial charge in [0.25, 0.3) is 0 Å². The highest BCUT2D eigenvalue weighted by Gasteiger charge is 2.18. The summed E-state index contributed by atoms with van der Waals surface area (Å²) in [5.74, 6) is 1.70. The zero-order valence-electron chi connectivity index (χ0n) is 11.7. The highest BCUT2D eigenvalue weighted by Crippen LogP contribution is 2.33. The number of hydrogen-bond donors (Lipinski definition) is 2. The van der Waals surface area contributed by atoms with Crippen LogP contribution in [0.5, 0.6) is 11.5 Å². The number of para-hydroxylation sites is 1. The molecule has 0 spiro atoms. The third kappa shape index (κ3) is 3.85. The molecule has 2 N–H and O–H groups in total. The molecular weight excluding hydrogens is 242 g/mol. The molecule has 0 amide bonds. The van der Waals surface area contributed by atoms with Gasteiger partial charge in [0.15, 0.2) is 11.5 Å². The van der Waals surface area contributed by atoms with Gasteiger partial charge < -0.3 is 19.9 Å². The van der Waals surface area contributed by atoms with Crippen molar-refractivity contribution < 1.29 is 14.6 Å². The van der Waals surface area contributed by atoms with Gasteiger partial charge in [-0.2, -0.15) is 0 Å². The van der Waals surface area contributed by atoms with Crippen LogP contribution in [-0.2, 0) is 6.54 Å². The first-order valence-electron chi connectivity index (χ1n) is 6.81. The summed E-state index contributed by atoms with van der Waals surface area (Å²) in [7, 11) is 0. The Balaban J connectivity index is 1.93. The summed E-state index contributed by atoms with van der Waals surface area (Å²) in [6, 6.07) is 5.98. The highest BCUT2D eigenvalue weighted by molar-refractivity contribution is 5.47. The lowest BCUT2D eigenvalue weighted by Gasteiger charge is -2.25. The number of benzene rings is 1. The van der Waals surface area contributed by atoms with Crippen LogP contribution in [0.15, 0.2) is 18.2 Å². The van der Waals surface area contributed by atoms with E-state index in [1.165, 1.54) is 0 Å². The average Bonchev–Trinajstić information content (AvgIpc) is 2.39. The van der Waals surface area contributed by atoms with Crippen LogP contribution in [0.25, 0.3) is 0 Å². The zero-order valence-corrected chi connectivity index (χ0v) is 11.7. The smallest absolute Gasteiger partial charge is 0.165 e. The van der Waals surface area contributed by atoms with Gasteiger partial charge in [0.05, 0.1) is 0 Å². The second-order valence-corrected chi connectivity index (χ2v) is 5.68. The van der Waals surface area contributed by atoms with Crippen LogP contribution < -0.4 is 14.8 Å².